The zero-order chi connectivity index (χ0) is 28.5. The second-order valence-corrected chi connectivity index (χ2v) is 16.0. The Kier molecular flexibility index (Phi) is 10.1. The van der Waals surface area contributed by atoms with Crippen LogP contribution in [0.2, 0.25) is 5.04 Å². The standard InChI is InChI=1S/C32H41NO5Si/c1-31(2,3)38-29(34)22-26(33-30(35)36-23-25-16-10-7-11-17-25)24-37-39(32(4,5)6,27-18-12-8-13-19-27)28-20-14-9-15-21-28/h7-21,26H,22-24H2,1-6H3,(H,33,35)/t26-/m0/s1. The lowest BCUT2D eigenvalue weighted by atomic mass is 10.2. The lowest BCUT2D eigenvalue weighted by Gasteiger charge is -2.43. The van der Waals surface area contributed by atoms with Gasteiger partial charge < -0.3 is 19.2 Å². The number of hydrogen-bond acceptors (Lipinski definition) is 5. The molecule has 0 aliphatic carbocycles. The van der Waals surface area contributed by atoms with Crippen LogP contribution in [0.5, 0.6) is 0 Å². The molecule has 0 aliphatic heterocycles. The van der Waals surface area contributed by atoms with Gasteiger partial charge in [0, 0.05) is 0 Å². The number of carbonyl (C=O) groups excluding carboxylic acids is 2. The van der Waals surface area contributed by atoms with E-state index in [2.05, 4.69) is 50.4 Å². The third kappa shape index (κ3) is 8.53. The van der Waals surface area contributed by atoms with Crippen LogP contribution in [0.1, 0.15) is 53.5 Å². The van der Waals surface area contributed by atoms with E-state index in [-0.39, 0.29) is 24.7 Å². The highest BCUT2D eigenvalue weighted by atomic mass is 28.4. The van der Waals surface area contributed by atoms with E-state index in [1.54, 1.807) is 0 Å². The molecule has 3 aromatic rings. The minimum atomic E-state index is -2.88. The van der Waals surface area contributed by atoms with Crippen molar-refractivity contribution < 1.29 is 23.5 Å². The first-order valence-corrected chi connectivity index (χ1v) is 15.3. The number of amides is 1. The smallest absolute Gasteiger partial charge is 0.407 e. The van der Waals surface area contributed by atoms with Gasteiger partial charge in [-0.15, -0.1) is 0 Å². The van der Waals surface area contributed by atoms with E-state index in [1.807, 2.05) is 87.5 Å². The molecule has 0 bridgehead atoms. The molecule has 3 rings (SSSR count). The summed E-state index contributed by atoms with van der Waals surface area (Å²) in [6, 6.07) is 29.3. The van der Waals surface area contributed by atoms with Gasteiger partial charge in [0.05, 0.1) is 19.1 Å². The van der Waals surface area contributed by atoms with Gasteiger partial charge >= 0.3 is 12.1 Å². The van der Waals surface area contributed by atoms with Gasteiger partial charge in [0.25, 0.3) is 8.32 Å². The van der Waals surface area contributed by atoms with Crippen LogP contribution in [0.25, 0.3) is 0 Å². The third-order valence-corrected chi connectivity index (χ3v) is 11.3. The van der Waals surface area contributed by atoms with E-state index in [0.29, 0.717) is 0 Å². The zero-order valence-electron chi connectivity index (χ0n) is 23.9. The number of ether oxygens (including phenoxy) is 2. The van der Waals surface area contributed by atoms with Crippen LogP contribution in [-0.2, 0) is 25.3 Å². The molecule has 39 heavy (non-hydrogen) atoms. The summed E-state index contributed by atoms with van der Waals surface area (Å²) in [6.07, 6.45) is -0.658. The van der Waals surface area contributed by atoms with Crippen LogP contribution in [-0.4, -0.2) is 38.6 Å². The summed E-state index contributed by atoms with van der Waals surface area (Å²) in [4.78, 5) is 25.7. The third-order valence-electron chi connectivity index (χ3n) is 6.29. The number of rotatable bonds is 10. The Morgan fingerprint density at radius 1 is 0.769 bits per heavy atom. The Hall–Kier alpha value is -3.42. The summed E-state index contributed by atoms with van der Waals surface area (Å²) in [6.45, 7) is 12.3. The molecular formula is C32H41NO5Si. The van der Waals surface area contributed by atoms with Crippen molar-refractivity contribution in [1.29, 1.82) is 0 Å². The van der Waals surface area contributed by atoms with Crippen molar-refractivity contribution in [3.8, 4) is 0 Å². The molecule has 1 atom stereocenters. The maximum absolute atomic E-state index is 12.8. The first-order valence-electron chi connectivity index (χ1n) is 13.3. The van der Waals surface area contributed by atoms with Gasteiger partial charge in [-0.05, 0) is 41.7 Å². The van der Waals surface area contributed by atoms with Crippen molar-refractivity contribution in [2.24, 2.45) is 0 Å². The molecule has 1 amide bonds. The van der Waals surface area contributed by atoms with Gasteiger partial charge in [0.15, 0.2) is 0 Å². The fourth-order valence-electron chi connectivity index (χ4n) is 4.65. The SMILES string of the molecule is CC(C)(C)OC(=O)C[C@@H](CO[Si](c1ccccc1)(c1ccccc1)C(C)(C)C)NC(=O)OCc1ccccc1. The maximum Gasteiger partial charge on any atom is 0.407 e. The molecule has 6 nitrogen and oxygen atoms in total. The molecule has 0 fully saturated rings. The first-order chi connectivity index (χ1) is 18.4. The van der Waals surface area contributed by atoms with Crippen LogP contribution < -0.4 is 15.7 Å². The van der Waals surface area contributed by atoms with Gasteiger partial charge in [-0.3, -0.25) is 4.79 Å². The predicted octanol–water partition coefficient (Wildman–Crippen LogP) is 5.59. The van der Waals surface area contributed by atoms with Gasteiger partial charge in [-0.1, -0.05) is 112 Å². The number of nitrogens with one attached hydrogen (secondary N) is 1. The van der Waals surface area contributed by atoms with Crippen molar-refractivity contribution in [2.75, 3.05) is 6.61 Å². The molecule has 0 radical (unpaired) electrons. The average molecular weight is 548 g/mol. The van der Waals surface area contributed by atoms with Crippen molar-refractivity contribution >= 4 is 30.8 Å². The van der Waals surface area contributed by atoms with E-state index in [4.69, 9.17) is 13.9 Å². The molecule has 0 saturated heterocycles. The molecule has 0 aromatic heterocycles. The molecule has 1 N–H and O–H groups in total. The van der Waals surface area contributed by atoms with Crippen LogP contribution >= 0.6 is 0 Å². The van der Waals surface area contributed by atoms with Gasteiger partial charge in [0.1, 0.15) is 12.2 Å². The molecule has 208 valence electrons. The average Bonchev–Trinajstić information content (AvgIpc) is 2.88. The Balaban J connectivity index is 1.89. The first kappa shape index (κ1) is 30.1. The van der Waals surface area contributed by atoms with Crippen molar-refractivity contribution in [3.63, 3.8) is 0 Å². The number of esters is 1. The predicted molar refractivity (Wildman–Crippen MR) is 158 cm³/mol. The summed E-state index contributed by atoms with van der Waals surface area (Å²) < 4.78 is 18.0. The van der Waals surface area contributed by atoms with Gasteiger partial charge in [-0.2, -0.15) is 0 Å². The van der Waals surface area contributed by atoms with Crippen LogP contribution in [0, 0.1) is 0 Å². The second-order valence-electron chi connectivity index (χ2n) is 11.7. The molecular weight excluding hydrogens is 506 g/mol. The van der Waals surface area contributed by atoms with E-state index < -0.39 is 32.0 Å². The highest BCUT2D eigenvalue weighted by Gasteiger charge is 2.50. The van der Waals surface area contributed by atoms with Crippen molar-refractivity contribution in [2.45, 2.75) is 71.3 Å². The Labute approximate surface area is 233 Å². The number of alkyl carbamates (subject to hydrolysis) is 1. The fourth-order valence-corrected chi connectivity index (χ4v) is 9.26. The quantitative estimate of drug-likeness (QED) is 0.265. The summed E-state index contributed by atoms with van der Waals surface area (Å²) in [5, 5.41) is 4.85. The van der Waals surface area contributed by atoms with Crippen molar-refractivity contribution in [1.82, 2.24) is 5.32 Å². The topological polar surface area (TPSA) is 73.9 Å². The van der Waals surface area contributed by atoms with Gasteiger partial charge in [0.2, 0.25) is 0 Å². The second kappa shape index (κ2) is 13.1. The van der Waals surface area contributed by atoms with Crippen molar-refractivity contribution in [3.05, 3.63) is 96.6 Å². The van der Waals surface area contributed by atoms with E-state index in [1.165, 1.54) is 0 Å². The number of benzene rings is 3. The lowest BCUT2D eigenvalue weighted by molar-refractivity contribution is -0.155. The molecule has 0 spiro atoms. The minimum Gasteiger partial charge on any atom is -0.460 e. The van der Waals surface area contributed by atoms with E-state index in [9.17, 15) is 9.59 Å². The maximum atomic E-state index is 12.8. The van der Waals surface area contributed by atoms with E-state index >= 15 is 0 Å². The Morgan fingerprint density at radius 2 is 1.26 bits per heavy atom. The normalized spacial score (nSPS) is 12.9. The van der Waals surface area contributed by atoms with Crippen LogP contribution in [0.3, 0.4) is 0 Å². The monoisotopic (exact) mass is 547 g/mol. The molecule has 0 saturated carbocycles. The summed E-state index contributed by atoms with van der Waals surface area (Å²) in [5.41, 5.74) is 0.230. The van der Waals surface area contributed by atoms with Gasteiger partial charge in [-0.25, -0.2) is 4.79 Å². The number of carbonyl (C=O) groups is 2. The molecule has 0 heterocycles. The van der Waals surface area contributed by atoms with Crippen LogP contribution in [0.15, 0.2) is 91.0 Å². The molecule has 0 unspecified atom stereocenters. The fraction of sp³-hybridized carbons (Fsp3) is 0.375. The molecule has 7 heteroatoms. The molecule has 0 aliphatic rings. The molecule has 3 aromatic carbocycles. The Bertz CT molecular complexity index is 1150. The lowest BCUT2D eigenvalue weighted by Crippen LogP contribution is -2.67. The number of hydrogen-bond donors (Lipinski definition) is 1. The summed E-state index contributed by atoms with van der Waals surface area (Å²) in [5.74, 6) is -0.415. The minimum absolute atomic E-state index is 0.0457. The summed E-state index contributed by atoms with van der Waals surface area (Å²) >= 11 is 0. The van der Waals surface area contributed by atoms with Crippen LogP contribution in [0.4, 0.5) is 4.79 Å². The largest absolute Gasteiger partial charge is 0.460 e. The highest BCUT2D eigenvalue weighted by molar-refractivity contribution is 6.99. The van der Waals surface area contributed by atoms with E-state index in [0.717, 1.165) is 15.9 Å². The highest BCUT2D eigenvalue weighted by Crippen LogP contribution is 2.36. The summed E-state index contributed by atoms with van der Waals surface area (Å²) in [7, 11) is -2.88. The zero-order valence-corrected chi connectivity index (χ0v) is 24.9. The Morgan fingerprint density at radius 3 is 1.72 bits per heavy atom.